The molecule has 3 rings (SSSR count). The molecule has 7 nitrogen and oxygen atoms in total. The summed E-state index contributed by atoms with van der Waals surface area (Å²) >= 11 is 0. The van der Waals surface area contributed by atoms with Crippen LogP contribution in [0, 0.1) is 0 Å². The van der Waals surface area contributed by atoms with Crippen LogP contribution in [0.2, 0.25) is 0 Å². The fourth-order valence-electron chi connectivity index (χ4n) is 2.81. The van der Waals surface area contributed by atoms with E-state index in [-0.39, 0.29) is 12.5 Å². The van der Waals surface area contributed by atoms with Crippen molar-refractivity contribution in [1.82, 2.24) is 9.55 Å². The number of aliphatic hydroxyl groups excluding tert-OH is 1. The Morgan fingerprint density at radius 1 is 1.23 bits per heavy atom. The van der Waals surface area contributed by atoms with E-state index in [0.717, 1.165) is 11.0 Å². The second-order valence-electron chi connectivity index (χ2n) is 5.84. The molecular formula is C19H21N3O4. The summed E-state index contributed by atoms with van der Waals surface area (Å²) in [5.74, 6) is 1.34. The summed E-state index contributed by atoms with van der Waals surface area (Å²) in [5.41, 5.74) is 2.07. The van der Waals surface area contributed by atoms with Gasteiger partial charge in [-0.3, -0.25) is 4.79 Å². The van der Waals surface area contributed by atoms with Crippen LogP contribution < -0.4 is 14.8 Å². The number of nitrogens with one attached hydrogen (secondary N) is 1. The number of ether oxygens (including phenoxy) is 2. The Labute approximate surface area is 151 Å². The fourth-order valence-corrected chi connectivity index (χ4v) is 2.81. The van der Waals surface area contributed by atoms with Crippen molar-refractivity contribution in [3.8, 4) is 11.5 Å². The van der Waals surface area contributed by atoms with Gasteiger partial charge in [0.2, 0.25) is 5.91 Å². The number of benzene rings is 2. The van der Waals surface area contributed by atoms with Gasteiger partial charge in [0.05, 0.1) is 30.9 Å². The third-order valence-electron chi connectivity index (χ3n) is 4.04. The van der Waals surface area contributed by atoms with Gasteiger partial charge in [0.15, 0.2) is 0 Å². The van der Waals surface area contributed by atoms with E-state index in [2.05, 4.69) is 10.3 Å². The zero-order valence-corrected chi connectivity index (χ0v) is 14.9. The van der Waals surface area contributed by atoms with E-state index >= 15 is 0 Å². The van der Waals surface area contributed by atoms with Crippen LogP contribution in [0.5, 0.6) is 11.5 Å². The Morgan fingerprint density at radius 2 is 2.00 bits per heavy atom. The molecule has 1 heterocycles. The number of imidazole rings is 1. The molecule has 0 radical (unpaired) electrons. The van der Waals surface area contributed by atoms with E-state index in [1.165, 1.54) is 7.11 Å². The number of carbonyl (C=O) groups excluding carboxylic acids is 1. The van der Waals surface area contributed by atoms with Crippen molar-refractivity contribution in [1.29, 1.82) is 0 Å². The van der Waals surface area contributed by atoms with Gasteiger partial charge in [0.25, 0.3) is 0 Å². The number of nitrogens with zero attached hydrogens (tertiary/aromatic N) is 2. The first-order valence-corrected chi connectivity index (χ1v) is 8.18. The highest BCUT2D eigenvalue weighted by molar-refractivity contribution is 5.93. The normalized spacial score (nSPS) is 12.0. The highest BCUT2D eigenvalue weighted by atomic mass is 16.5. The van der Waals surface area contributed by atoms with Crippen molar-refractivity contribution in [3.05, 3.63) is 48.3 Å². The number of hydrogen-bond acceptors (Lipinski definition) is 5. The topological polar surface area (TPSA) is 85.6 Å². The van der Waals surface area contributed by atoms with Gasteiger partial charge >= 0.3 is 0 Å². The Hall–Kier alpha value is -3.06. The summed E-state index contributed by atoms with van der Waals surface area (Å²) in [7, 11) is 3.09. The van der Waals surface area contributed by atoms with E-state index in [9.17, 15) is 9.90 Å². The smallest absolute Gasteiger partial charge is 0.244 e. The van der Waals surface area contributed by atoms with E-state index in [1.807, 2.05) is 24.3 Å². The minimum Gasteiger partial charge on any atom is -0.497 e. The molecule has 2 aromatic carbocycles. The number of fused-ring (bicyclic) bond motifs is 1. The van der Waals surface area contributed by atoms with Crippen molar-refractivity contribution in [2.45, 2.75) is 19.6 Å². The first kappa shape index (κ1) is 17.8. The SMILES string of the molecule is COc1ccc(NC(=O)Cn2c([C@H](C)O)nc3ccccc32)c(OC)c1. The molecule has 0 unspecified atom stereocenters. The van der Waals surface area contributed by atoms with E-state index in [1.54, 1.807) is 36.8 Å². The van der Waals surface area contributed by atoms with Gasteiger partial charge in [-0.15, -0.1) is 0 Å². The molecule has 0 aliphatic rings. The molecule has 3 aromatic rings. The van der Waals surface area contributed by atoms with Gasteiger partial charge in [-0.2, -0.15) is 0 Å². The quantitative estimate of drug-likeness (QED) is 0.710. The van der Waals surface area contributed by atoms with Crippen LogP contribution in [0.1, 0.15) is 18.9 Å². The molecule has 0 aliphatic heterocycles. The van der Waals surface area contributed by atoms with Gasteiger partial charge in [-0.05, 0) is 31.2 Å². The minimum absolute atomic E-state index is 0.0237. The van der Waals surface area contributed by atoms with Gasteiger partial charge < -0.3 is 24.5 Å². The van der Waals surface area contributed by atoms with Crippen LogP contribution in [0.4, 0.5) is 5.69 Å². The Bertz CT molecular complexity index is 934. The van der Waals surface area contributed by atoms with Crippen LogP contribution in [0.3, 0.4) is 0 Å². The summed E-state index contributed by atoms with van der Waals surface area (Å²) in [4.78, 5) is 17.0. The molecule has 1 atom stereocenters. The molecular weight excluding hydrogens is 334 g/mol. The highest BCUT2D eigenvalue weighted by Crippen LogP contribution is 2.29. The zero-order chi connectivity index (χ0) is 18.7. The number of hydrogen-bond donors (Lipinski definition) is 2. The van der Waals surface area contributed by atoms with Crippen LogP contribution >= 0.6 is 0 Å². The third-order valence-corrected chi connectivity index (χ3v) is 4.04. The Kier molecular flexibility index (Phi) is 5.09. The monoisotopic (exact) mass is 355 g/mol. The molecule has 0 bridgehead atoms. The molecule has 26 heavy (non-hydrogen) atoms. The van der Waals surface area contributed by atoms with Crippen molar-refractivity contribution in [2.75, 3.05) is 19.5 Å². The van der Waals surface area contributed by atoms with E-state index < -0.39 is 6.10 Å². The number of methoxy groups -OCH3 is 2. The summed E-state index contributed by atoms with van der Waals surface area (Å²) < 4.78 is 12.2. The first-order valence-electron chi connectivity index (χ1n) is 8.18. The second kappa shape index (κ2) is 7.45. The molecule has 1 aromatic heterocycles. The summed E-state index contributed by atoms with van der Waals surface area (Å²) in [6, 6.07) is 12.6. The van der Waals surface area contributed by atoms with Crippen LogP contribution in [-0.4, -0.2) is 34.8 Å². The number of aromatic nitrogens is 2. The average molecular weight is 355 g/mol. The van der Waals surface area contributed by atoms with Gasteiger partial charge in [-0.25, -0.2) is 4.98 Å². The number of carbonyl (C=O) groups is 1. The van der Waals surface area contributed by atoms with Crippen LogP contribution in [-0.2, 0) is 11.3 Å². The zero-order valence-electron chi connectivity index (χ0n) is 14.9. The standard InChI is InChI=1S/C19H21N3O4/c1-12(23)19-21-14-6-4-5-7-16(14)22(19)11-18(24)20-15-9-8-13(25-2)10-17(15)26-3/h4-10,12,23H,11H2,1-3H3,(H,20,24)/t12-/m0/s1. The number of amides is 1. The lowest BCUT2D eigenvalue weighted by molar-refractivity contribution is -0.116. The second-order valence-corrected chi connectivity index (χ2v) is 5.84. The fraction of sp³-hybridized carbons (Fsp3) is 0.263. The predicted octanol–water partition coefficient (Wildman–Crippen LogP) is 2.75. The lowest BCUT2D eigenvalue weighted by atomic mass is 10.2. The maximum Gasteiger partial charge on any atom is 0.244 e. The van der Waals surface area contributed by atoms with Crippen molar-refractivity contribution in [2.24, 2.45) is 0 Å². The van der Waals surface area contributed by atoms with Gasteiger partial charge in [-0.1, -0.05) is 12.1 Å². The number of aliphatic hydroxyl groups is 1. The number of anilines is 1. The van der Waals surface area contributed by atoms with Crippen molar-refractivity contribution < 1.29 is 19.4 Å². The Morgan fingerprint density at radius 3 is 2.69 bits per heavy atom. The maximum atomic E-state index is 12.6. The van der Waals surface area contributed by atoms with Gasteiger partial charge in [0, 0.05) is 6.07 Å². The minimum atomic E-state index is -0.786. The lowest BCUT2D eigenvalue weighted by Gasteiger charge is -2.14. The average Bonchev–Trinajstić information content (AvgIpc) is 3.01. The molecule has 0 saturated heterocycles. The first-order chi connectivity index (χ1) is 12.5. The van der Waals surface area contributed by atoms with Crippen molar-refractivity contribution in [3.63, 3.8) is 0 Å². The summed E-state index contributed by atoms with van der Waals surface area (Å²) in [5, 5.41) is 12.8. The van der Waals surface area contributed by atoms with E-state index in [4.69, 9.17) is 9.47 Å². The maximum absolute atomic E-state index is 12.6. The summed E-state index contributed by atoms with van der Waals surface area (Å²) in [6.07, 6.45) is -0.786. The molecule has 7 heteroatoms. The number of rotatable bonds is 6. The third kappa shape index (κ3) is 3.48. The van der Waals surface area contributed by atoms with E-state index in [0.29, 0.717) is 23.0 Å². The van der Waals surface area contributed by atoms with Crippen molar-refractivity contribution >= 4 is 22.6 Å². The molecule has 0 fully saturated rings. The molecule has 136 valence electrons. The lowest BCUT2D eigenvalue weighted by Crippen LogP contribution is -2.21. The molecule has 2 N–H and O–H groups in total. The molecule has 0 spiro atoms. The predicted molar refractivity (Wildman–Crippen MR) is 98.5 cm³/mol. The van der Waals surface area contributed by atoms with Crippen LogP contribution in [0.25, 0.3) is 11.0 Å². The summed E-state index contributed by atoms with van der Waals surface area (Å²) in [6.45, 7) is 1.65. The van der Waals surface area contributed by atoms with Crippen LogP contribution in [0.15, 0.2) is 42.5 Å². The number of para-hydroxylation sites is 2. The highest BCUT2D eigenvalue weighted by Gasteiger charge is 2.17. The molecule has 0 saturated carbocycles. The van der Waals surface area contributed by atoms with Gasteiger partial charge in [0.1, 0.15) is 30.0 Å². The Balaban J connectivity index is 1.87. The largest absolute Gasteiger partial charge is 0.497 e. The molecule has 0 aliphatic carbocycles. The molecule has 1 amide bonds.